The van der Waals surface area contributed by atoms with Gasteiger partial charge in [-0.2, -0.15) is 0 Å². The molecule has 3 saturated heterocycles. The fourth-order valence-corrected chi connectivity index (χ4v) is 5.21. The van der Waals surface area contributed by atoms with Gasteiger partial charge < -0.3 is 23.7 Å². The molecule has 0 unspecified atom stereocenters. The molecule has 7 atom stereocenters. The van der Waals surface area contributed by atoms with Gasteiger partial charge in [-0.1, -0.05) is 26.3 Å². The Kier molecular flexibility index (Phi) is 5.19. The second-order valence-corrected chi connectivity index (χ2v) is 9.21. The van der Waals surface area contributed by atoms with Gasteiger partial charge in [-0.15, -0.1) is 0 Å². The molecule has 8 heteroatoms. The highest BCUT2D eigenvalue weighted by molar-refractivity contribution is 5.91. The molecule has 29 heavy (non-hydrogen) atoms. The van der Waals surface area contributed by atoms with Crippen LogP contribution < -0.4 is 0 Å². The van der Waals surface area contributed by atoms with Crippen LogP contribution in [0.5, 0.6) is 0 Å². The molecule has 3 heterocycles. The van der Waals surface area contributed by atoms with E-state index < -0.39 is 54.7 Å². The lowest BCUT2D eigenvalue weighted by Gasteiger charge is -2.34. The summed E-state index contributed by atoms with van der Waals surface area (Å²) in [4.78, 5) is 35.7. The molecule has 0 bridgehead atoms. The molecule has 0 aromatic heterocycles. The first-order chi connectivity index (χ1) is 13.6. The number of ether oxygens (including phenoxy) is 5. The van der Waals surface area contributed by atoms with Gasteiger partial charge in [0.05, 0.1) is 11.8 Å². The largest absolute Gasteiger partial charge is 0.455 e. The predicted octanol–water partition coefficient (Wildman–Crippen LogP) is 2.45. The molecular weight excluding hydrogens is 380 g/mol. The molecule has 1 saturated carbocycles. The highest BCUT2D eigenvalue weighted by Crippen LogP contribution is 2.51. The number of fused-ring (bicyclic) bond motifs is 3. The van der Waals surface area contributed by atoms with Crippen molar-refractivity contribution in [2.24, 2.45) is 23.2 Å². The first-order valence-corrected chi connectivity index (χ1v) is 10.2. The van der Waals surface area contributed by atoms with Crippen LogP contribution in [0.25, 0.3) is 0 Å². The van der Waals surface area contributed by atoms with E-state index in [9.17, 15) is 14.4 Å². The number of hydrogen-bond acceptors (Lipinski definition) is 8. The Bertz CT molecular complexity index is 741. The van der Waals surface area contributed by atoms with Gasteiger partial charge in [0.25, 0.3) is 0 Å². The van der Waals surface area contributed by atoms with Gasteiger partial charge in [0.1, 0.15) is 0 Å². The minimum absolute atomic E-state index is 0.230. The molecule has 0 N–H and O–H groups in total. The van der Waals surface area contributed by atoms with Gasteiger partial charge in [0, 0.05) is 19.4 Å². The van der Waals surface area contributed by atoms with Crippen molar-refractivity contribution in [3.05, 3.63) is 11.6 Å². The quantitative estimate of drug-likeness (QED) is 0.399. The van der Waals surface area contributed by atoms with Crippen LogP contribution in [-0.4, -0.2) is 42.9 Å². The lowest BCUT2D eigenvalue weighted by molar-refractivity contribution is -0.244. The van der Waals surface area contributed by atoms with E-state index in [1.807, 2.05) is 6.08 Å². The van der Waals surface area contributed by atoms with Crippen molar-refractivity contribution >= 4 is 17.9 Å². The van der Waals surface area contributed by atoms with Gasteiger partial charge in [-0.05, 0) is 30.6 Å². The summed E-state index contributed by atoms with van der Waals surface area (Å²) in [6, 6.07) is 0. The van der Waals surface area contributed by atoms with Crippen LogP contribution in [0, 0.1) is 23.2 Å². The average molecular weight is 408 g/mol. The number of carbonyl (C=O) groups is 3. The molecule has 4 fully saturated rings. The zero-order valence-electron chi connectivity index (χ0n) is 17.2. The zero-order chi connectivity index (χ0) is 20.9. The molecule has 0 aromatic carbocycles. The SMILES string of the molecule is CC(=O)O[C@H]1O[C@@H]2O[C@H]3OC(=O)/C(=C\[C@H]4CCCC(C)(C)C4)[C@H]3[C@H]2[C@@H]1OC(C)=O. The maximum Gasteiger partial charge on any atom is 0.336 e. The van der Waals surface area contributed by atoms with E-state index in [-0.39, 0.29) is 11.3 Å². The fraction of sp³-hybridized carbons (Fsp3) is 0.762. The first kappa shape index (κ1) is 20.3. The van der Waals surface area contributed by atoms with Gasteiger partial charge in [0.15, 0.2) is 12.4 Å². The molecule has 0 aromatic rings. The van der Waals surface area contributed by atoms with Crippen LogP contribution in [0.4, 0.5) is 0 Å². The van der Waals surface area contributed by atoms with E-state index in [0.29, 0.717) is 5.57 Å². The molecular formula is C21H28O8. The first-order valence-electron chi connectivity index (χ1n) is 10.2. The van der Waals surface area contributed by atoms with Gasteiger partial charge in [-0.25, -0.2) is 4.79 Å². The Labute approximate surface area is 169 Å². The predicted molar refractivity (Wildman–Crippen MR) is 97.7 cm³/mol. The van der Waals surface area contributed by atoms with Crippen molar-refractivity contribution in [3.8, 4) is 0 Å². The van der Waals surface area contributed by atoms with E-state index in [4.69, 9.17) is 23.7 Å². The summed E-state index contributed by atoms with van der Waals surface area (Å²) in [6.45, 7) is 7.02. The molecule has 160 valence electrons. The summed E-state index contributed by atoms with van der Waals surface area (Å²) in [7, 11) is 0. The monoisotopic (exact) mass is 408 g/mol. The minimum Gasteiger partial charge on any atom is -0.455 e. The molecule has 4 aliphatic rings. The van der Waals surface area contributed by atoms with Crippen LogP contribution in [0.2, 0.25) is 0 Å². The van der Waals surface area contributed by atoms with Crippen LogP contribution in [0.15, 0.2) is 11.6 Å². The summed E-state index contributed by atoms with van der Waals surface area (Å²) >= 11 is 0. The van der Waals surface area contributed by atoms with E-state index in [1.54, 1.807) is 0 Å². The number of allylic oxidation sites excluding steroid dienone is 1. The number of carbonyl (C=O) groups excluding carboxylic acids is 3. The number of rotatable bonds is 3. The summed E-state index contributed by atoms with van der Waals surface area (Å²) in [6.07, 6.45) is 2.82. The van der Waals surface area contributed by atoms with Crippen LogP contribution >= 0.6 is 0 Å². The second-order valence-electron chi connectivity index (χ2n) is 9.21. The third-order valence-electron chi connectivity index (χ3n) is 6.27. The molecule has 0 spiro atoms. The summed E-state index contributed by atoms with van der Waals surface area (Å²) in [5.41, 5.74) is 0.780. The normalized spacial score (nSPS) is 41.6. The average Bonchev–Trinajstić information content (AvgIpc) is 3.16. The number of hydrogen-bond donors (Lipinski definition) is 0. The minimum atomic E-state index is -1.07. The van der Waals surface area contributed by atoms with Gasteiger partial charge in [0.2, 0.25) is 12.6 Å². The molecule has 3 aliphatic heterocycles. The van der Waals surface area contributed by atoms with Crippen molar-refractivity contribution in [2.75, 3.05) is 0 Å². The van der Waals surface area contributed by atoms with Crippen LogP contribution in [0.1, 0.15) is 53.4 Å². The van der Waals surface area contributed by atoms with Crippen molar-refractivity contribution in [1.82, 2.24) is 0 Å². The smallest absolute Gasteiger partial charge is 0.336 e. The molecule has 8 nitrogen and oxygen atoms in total. The van der Waals surface area contributed by atoms with E-state index in [0.717, 1.165) is 19.3 Å². The maximum absolute atomic E-state index is 12.6. The van der Waals surface area contributed by atoms with Crippen molar-refractivity contribution in [2.45, 2.75) is 78.4 Å². The highest BCUT2D eigenvalue weighted by Gasteiger charge is 2.64. The van der Waals surface area contributed by atoms with Crippen molar-refractivity contribution in [3.63, 3.8) is 0 Å². The fourth-order valence-electron chi connectivity index (χ4n) is 5.21. The molecule has 4 rings (SSSR count). The Hall–Kier alpha value is -1.93. The third-order valence-corrected chi connectivity index (χ3v) is 6.27. The molecule has 0 radical (unpaired) electrons. The Balaban J connectivity index is 1.61. The third kappa shape index (κ3) is 3.92. The van der Waals surface area contributed by atoms with Crippen LogP contribution in [-0.2, 0) is 38.1 Å². The Morgan fingerprint density at radius 3 is 2.48 bits per heavy atom. The summed E-state index contributed by atoms with van der Waals surface area (Å²) < 4.78 is 27.5. The van der Waals surface area contributed by atoms with Crippen molar-refractivity contribution < 1.29 is 38.1 Å². The summed E-state index contributed by atoms with van der Waals surface area (Å²) in [5, 5.41) is 0. The standard InChI is InChI=1S/C21H28O8/c1-10(22)25-16-15-14-13(8-12-6-5-7-21(3,4)9-12)17(24)27-18(14)28-19(15)29-20(16)26-11(2)23/h8,12,14-16,18-20H,5-7,9H2,1-4H3/b13-8-/t12-,14+,15+,16+,18-,19+,20+/m1/s1. The Morgan fingerprint density at radius 2 is 1.83 bits per heavy atom. The summed E-state index contributed by atoms with van der Waals surface area (Å²) in [5.74, 6) is -2.12. The van der Waals surface area contributed by atoms with Gasteiger partial charge >= 0.3 is 17.9 Å². The number of esters is 3. The van der Waals surface area contributed by atoms with Crippen LogP contribution in [0.3, 0.4) is 0 Å². The lowest BCUT2D eigenvalue weighted by Crippen LogP contribution is -2.38. The van der Waals surface area contributed by atoms with E-state index >= 15 is 0 Å². The van der Waals surface area contributed by atoms with Crippen molar-refractivity contribution in [1.29, 1.82) is 0 Å². The van der Waals surface area contributed by atoms with Gasteiger partial charge in [-0.3, -0.25) is 9.59 Å². The Morgan fingerprint density at radius 1 is 1.10 bits per heavy atom. The maximum atomic E-state index is 12.6. The molecule has 1 aliphatic carbocycles. The second kappa shape index (κ2) is 7.40. The highest BCUT2D eigenvalue weighted by atomic mass is 16.8. The zero-order valence-corrected chi connectivity index (χ0v) is 17.2. The van der Waals surface area contributed by atoms with E-state index in [2.05, 4.69) is 13.8 Å². The van der Waals surface area contributed by atoms with E-state index in [1.165, 1.54) is 20.3 Å². The molecule has 0 amide bonds. The topological polar surface area (TPSA) is 97.4 Å². The lowest BCUT2D eigenvalue weighted by atomic mass is 9.71.